The van der Waals surface area contributed by atoms with Gasteiger partial charge in [-0.2, -0.15) is 13.2 Å². The molecule has 4 nitrogen and oxygen atoms in total. The molecule has 0 radical (unpaired) electrons. The summed E-state index contributed by atoms with van der Waals surface area (Å²) in [4.78, 5) is 14.2. The van der Waals surface area contributed by atoms with Gasteiger partial charge in [0, 0.05) is 5.39 Å². The van der Waals surface area contributed by atoms with E-state index >= 15 is 0 Å². The van der Waals surface area contributed by atoms with Crippen molar-refractivity contribution < 1.29 is 32.2 Å². The number of rotatable bonds is 5. The SMILES string of the molecule is CCC1(CC(=O)O)OCCc2c1[nH]c1c(SCC(F)(F)F)c(F)ccc21. The molecular formula is C17H17F4NO3S. The zero-order valence-corrected chi connectivity index (χ0v) is 14.7. The van der Waals surface area contributed by atoms with Crippen molar-refractivity contribution in [1.82, 2.24) is 4.98 Å². The molecule has 0 spiro atoms. The number of hydrogen-bond acceptors (Lipinski definition) is 3. The lowest BCUT2D eigenvalue weighted by Crippen LogP contribution is -2.37. The number of nitrogens with one attached hydrogen (secondary N) is 1. The molecule has 0 fully saturated rings. The van der Waals surface area contributed by atoms with Crippen LogP contribution < -0.4 is 0 Å². The number of carbonyl (C=O) groups is 1. The first-order chi connectivity index (χ1) is 12.2. The van der Waals surface area contributed by atoms with Crippen molar-refractivity contribution in [2.75, 3.05) is 12.4 Å². The number of aromatic nitrogens is 1. The summed E-state index contributed by atoms with van der Waals surface area (Å²) in [6.45, 7) is 2.08. The van der Waals surface area contributed by atoms with Gasteiger partial charge in [0.05, 0.1) is 34.9 Å². The minimum Gasteiger partial charge on any atom is -0.481 e. The van der Waals surface area contributed by atoms with Gasteiger partial charge in [-0.05, 0) is 30.5 Å². The largest absolute Gasteiger partial charge is 0.481 e. The number of carboxylic acids is 1. The van der Waals surface area contributed by atoms with E-state index in [-0.39, 0.29) is 16.8 Å². The zero-order valence-electron chi connectivity index (χ0n) is 13.9. The number of thioether (sulfide) groups is 1. The predicted molar refractivity (Wildman–Crippen MR) is 88.9 cm³/mol. The van der Waals surface area contributed by atoms with Crippen molar-refractivity contribution in [2.24, 2.45) is 0 Å². The van der Waals surface area contributed by atoms with Crippen molar-refractivity contribution in [2.45, 2.75) is 42.9 Å². The summed E-state index contributed by atoms with van der Waals surface area (Å²) < 4.78 is 57.7. The predicted octanol–water partition coefficient (Wildman–Crippen LogP) is 4.61. The Morgan fingerprint density at radius 1 is 1.42 bits per heavy atom. The van der Waals surface area contributed by atoms with Crippen LogP contribution in [0.3, 0.4) is 0 Å². The molecule has 1 atom stereocenters. The van der Waals surface area contributed by atoms with E-state index in [1.165, 1.54) is 6.07 Å². The standard InChI is InChI=1S/C17H17F4NO3S/c1-2-16(7-12(23)24)15-10(5-6-25-16)9-3-4-11(18)14(13(9)22-15)26-8-17(19,20)21/h3-4,22H,2,5-8H2,1H3,(H,23,24). The Morgan fingerprint density at radius 2 is 2.15 bits per heavy atom. The molecule has 26 heavy (non-hydrogen) atoms. The molecule has 0 saturated carbocycles. The molecule has 0 aliphatic carbocycles. The number of carboxylic acid groups (broad SMARTS) is 1. The molecule has 2 heterocycles. The van der Waals surface area contributed by atoms with Gasteiger partial charge in [0.25, 0.3) is 0 Å². The molecule has 1 unspecified atom stereocenters. The molecule has 1 aromatic carbocycles. The van der Waals surface area contributed by atoms with Crippen LogP contribution >= 0.6 is 11.8 Å². The topological polar surface area (TPSA) is 62.3 Å². The Labute approximate surface area is 150 Å². The molecule has 2 N–H and O–H groups in total. The fraction of sp³-hybridized carbons (Fsp3) is 0.471. The zero-order chi connectivity index (χ0) is 19.1. The van der Waals surface area contributed by atoms with Gasteiger partial charge in [-0.25, -0.2) is 4.39 Å². The number of aromatic amines is 1. The maximum Gasteiger partial charge on any atom is 0.398 e. The van der Waals surface area contributed by atoms with Crippen molar-refractivity contribution in [3.05, 3.63) is 29.2 Å². The van der Waals surface area contributed by atoms with E-state index in [9.17, 15) is 27.5 Å². The van der Waals surface area contributed by atoms with Crippen LogP contribution in [0.5, 0.6) is 0 Å². The highest BCUT2D eigenvalue weighted by molar-refractivity contribution is 7.99. The number of ether oxygens (including phenoxy) is 1. The quantitative estimate of drug-likeness (QED) is 0.577. The number of halogens is 4. The van der Waals surface area contributed by atoms with E-state index in [1.807, 2.05) is 0 Å². The second kappa shape index (κ2) is 6.77. The van der Waals surface area contributed by atoms with Gasteiger partial charge in [0.15, 0.2) is 0 Å². The Morgan fingerprint density at radius 3 is 2.77 bits per heavy atom. The van der Waals surface area contributed by atoms with E-state index in [0.717, 1.165) is 11.6 Å². The Hall–Kier alpha value is -1.74. The summed E-state index contributed by atoms with van der Waals surface area (Å²) >= 11 is 0.380. The van der Waals surface area contributed by atoms with Crippen molar-refractivity contribution in [3.63, 3.8) is 0 Å². The second-order valence-electron chi connectivity index (χ2n) is 6.20. The number of alkyl halides is 3. The number of benzene rings is 1. The van der Waals surface area contributed by atoms with Crippen molar-refractivity contribution >= 4 is 28.6 Å². The Kier molecular flexibility index (Phi) is 4.96. The van der Waals surface area contributed by atoms with Crippen LogP contribution in [0.15, 0.2) is 17.0 Å². The third-order valence-electron chi connectivity index (χ3n) is 4.56. The highest BCUT2D eigenvalue weighted by Crippen LogP contribution is 2.44. The maximum atomic E-state index is 14.2. The summed E-state index contributed by atoms with van der Waals surface area (Å²) in [5, 5.41) is 9.86. The number of H-pyrrole nitrogens is 1. The average molecular weight is 391 g/mol. The molecular weight excluding hydrogens is 374 g/mol. The normalized spacial score (nSPS) is 20.3. The van der Waals surface area contributed by atoms with Gasteiger partial charge in [-0.1, -0.05) is 6.92 Å². The molecule has 3 rings (SSSR count). The van der Waals surface area contributed by atoms with Crippen LogP contribution in [0.4, 0.5) is 17.6 Å². The van der Waals surface area contributed by atoms with Gasteiger partial charge < -0.3 is 14.8 Å². The summed E-state index contributed by atoms with van der Waals surface area (Å²) in [6, 6.07) is 2.67. The van der Waals surface area contributed by atoms with E-state index in [2.05, 4.69) is 4.98 Å². The summed E-state index contributed by atoms with van der Waals surface area (Å²) in [5.74, 6) is -3.00. The van der Waals surface area contributed by atoms with Gasteiger partial charge >= 0.3 is 12.1 Å². The Balaban J connectivity index is 2.15. The van der Waals surface area contributed by atoms with E-state index in [4.69, 9.17) is 4.74 Å². The molecule has 9 heteroatoms. The third-order valence-corrected chi connectivity index (χ3v) is 5.72. The first-order valence-electron chi connectivity index (χ1n) is 8.05. The van der Waals surface area contributed by atoms with Crippen LogP contribution in [0.25, 0.3) is 10.9 Å². The molecule has 142 valence electrons. The van der Waals surface area contributed by atoms with Crippen LogP contribution in [0.2, 0.25) is 0 Å². The number of aliphatic carboxylic acids is 1. The fourth-order valence-corrected chi connectivity index (χ4v) is 4.24. The monoisotopic (exact) mass is 391 g/mol. The van der Waals surface area contributed by atoms with Crippen LogP contribution in [-0.4, -0.2) is 34.6 Å². The molecule has 2 aromatic rings. The van der Waals surface area contributed by atoms with Gasteiger partial charge in [0.1, 0.15) is 11.4 Å². The lowest BCUT2D eigenvalue weighted by atomic mass is 9.86. The molecule has 1 aromatic heterocycles. The molecule has 0 bridgehead atoms. The molecule has 1 aliphatic heterocycles. The first kappa shape index (κ1) is 19.0. The van der Waals surface area contributed by atoms with Crippen LogP contribution in [-0.2, 0) is 21.6 Å². The highest BCUT2D eigenvalue weighted by atomic mass is 32.2. The lowest BCUT2D eigenvalue weighted by molar-refractivity contribution is -0.148. The third kappa shape index (κ3) is 3.42. The summed E-state index contributed by atoms with van der Waals surface area (Å²) in [6.07, 6.45) is -3.86. The number of fused-ring (bicyclic) bond motifs is 3. The molecule has 0 saturated heterocycles. The van der Waals surface area contributed by atoms with E-state index < -0.39 is 29.3 Å². The van der Waals surface area contributed by atoms with Gasteiger partial charge in [0.2, 0.25) is 0 Å². The van der Waals surface area contributed by atoms with Crippen molar-refractivity contribution in [3.8, 4) is 0 Å². The van der Waals surface area contributed by atoms with Crippen molar-refractivity contribution in [1.29, 1.82) is 0 Å². The van der Waals surface area contributed by atoms with Crippen LogP contribution in [0.1, 0.15) is 31.0 Å². The van der Waals surface area contributed by atoms with E-state index in [0.29, 0.717) is 42.3 Å². The Bertz CT molecular complexity index is 849. The van der Waals surface area contributed by atoms with Gasteiger partial charge in [-0.3, -0.25) is 4.79 Å². The van der Waals surface area contributed by atoms with Gasteiger partial charge in [-0.15, -0.1) is 11.8 Å². The molecule has 0 amide bonds. The highest BCUT2D eigenvalue weighted by Gasteiger charge is 2.41. The minimum atomic E-state index is -4.43. The minimum absolute atomic E-state index is 0.116. The van der Waals surface area contributed by atoms with Crippen LogP contribution in [0, 0.1) is 5.82 Å². The molecule has 1 aliphatic rings. The fourth-order valence-electron chi connectivity index (χ4n) is 3.42. The number of hydrogen-bond donors (Lipinski definition) is 2. The smallest absolute Gasteiger partial charge is 0.398 e. The first-order valence-corrected chi connectivity index (χ1v) is 9.04. The summed E-state index contributed by atoms with van der Waals surface area (Å²) in [7, 11) is 0. The van der Waals surface area contributed by atoms with E-state index in [1.54, 1.807) is 6.92 Å². The lowest BCUT2D eigenvalue weighted by Gasteiger charge is -2.35. The average Bonchev–Trinajstić information content (AvgIpc) is 2.92. The summed E-state index contributed by atoms with van der Waals surface area (Å²) in [5.41, 5.74) is 0.463. The maximum absolute atomic E-state index is 14.2. The second-order valence-corrected chi connectivity index (χ2v) is 7.18.